The molecule has 2 saturated heterocycles. The lowest BCUT2D eigenvalue weighted by Crippen LogP contribution is -2.47. The van der Waals surface area contributed by atoms with Gasteiger partial charge in [-0.2, -0.15) is 15.1 Å². The zero-order valence-electron chi connectivity index (χ0n) is 16.5. The van der Waals surface area contributed by atoms with E-state index in [-0.39, 0.29) is 0 Å². The molecule has 0 aliphatic carbocycles. The third kappa shape index (κ3) is 3.15. The second-order valence-electron chi connectivity index (χ2n) is 7.71. The van der Waals surface area contributed by atoms with Crippen LogP contribution in [0.2, 0.25) is 0 Å². The molecule has 0 unspecified atom stereocenters. The normalized spacial score (nSPS) is 18.1. The van der Waals surface area contributed by atoms with Crippen molar-refractivity contribution in [2.45, 2.75) is 19.3 Å². The first-order valence-corrected chi connectivity index (χ1v) is 10.3. The van der Waals surface area contributed by atoms with Gasteiger partial charge in [0.15, 0.2) is 5.65 Å². The molecule has 5 rings (SSSR count). The van der Waals surface area contributed by atoms with E-state index in [0.717, 1.165) is 62.1 Å². The maximum atomic E-state index is 5.03. The van der Waals surface area contributed by atoms with E-state index in [0.29, 0.717) is 0 Å². The minimum atomic E-state index is 0.837. The molecule has 2 aliphatic rings. The van der Waals surface area contributed by atoms with Gasteiger partial charge in [-0.1, -0.05) is 18.2 Å². The van der Waals surface area contributed by atoms with Gasteiger partial charge < -0.3 is 14.7 Å². The van der Waals surface area contributed by atoms with E-state index in [1.165, 1.54) is 24.9 Å². The zero-order chi connectivity index (χ0) is 18.9. The van der Waals surface area contributed by atoms with E-state index >= 15 is 0 Å². The second-order valence-corrected chi connectivity index (χ2v) is 7.71. The molecular formula is C21H27N7. The van der Waals surface area contributed by atoms with Gasteiger partial charge in [0.25, 0.3) is 0 Å². The first kappa shape index (κ1) is 17.3. The van der Waals surface area contributed by atoms with Crippen LogP contribution >= 0.6 is 0 Å². The number of hydrogen-bond donors (Lipinski definition) is 0. The van der Waals surface area contributed by atoms with E-state index in [1.54, 1.807) is 0 Å². The van der Waals surface area contributed by atoms with E-state index in [1.807, 2.05) is 17.9 Å². The monoisotopic (exact) mass is 377 g/mol. The average Bonchev–Trinajstić information content (AvgIpc) is 3.15. The Bertz CT molecular complexity index is 938. The molecule has 7 heteroatoms. The Morgan fingerprint density at radius 2 is 1.46 bits per heavy atom. The molecule has 0 saturated carbocycles. The van der Waals surface area contributed by atoms with Crippen molar-refractivity contribution < 1.29 is 0 Å². The van der Waals surface area contributed by atoms with Crippen molar-refractivity contribution in [1.82, 2.24) is 19.7 Å². The molecule has 0 bridgehead atoms. The molecule has 146 valence electrons. The number of fused-ring (bicyclic) bond motifs is 1. The molecule has 3 aromatic rings. The largest absolute Gasteiger partial charge is 0.368 e. The first-order chi connectivity index (χ1) is 13.8. The van der Waals surface area contributed by atoms with E-state index in [4.69, 9.17) is 9.97 Å². The molecule has 0 amide bonds. The number of nitrogens with zero attached hydrogens (tertiary/aromatic N) is 7. The standard InChI is InChI=1S/C21H27N7/c1-25-19-18(16-22-25)20(27-10-6-3-7-11-27)24-21(23-19)28-14-12-26(13-15-28)17-8-4-2-5-9-17/h2,4-5,8-9,16H,3,6-7,10-15H2,1H3. The number of piperidine rings is 1. The summed E-state index contributed by atoms with van der Waals surface area (Å²) >= 11 is 0. The van der Waals surface area contributed by atoms with Gasteiger partial charge in [-0.05, 0) is 31.4 Å². The molecule has 0 atom stereocenters. The molecule has 0 radical (unpaired) electrons. The van der Waals surface area contributed by atoms with Gasteiger partial charge in [0.05, 0.1) is 11.6 Å². The number of aryl methyl sites for hydroxylation is 1. The van der Waals surface area contributed by atoms with Gasteiger partial charge in [0.2, 0.25) is 5.95 Å². The maximum Gasteiger partial charge on any atom is 0.229 e. The van der Waals surface area contributed by atoms with Crippen LogP contribution in [-0.4, -0.2) is 59.0 Å². The summed E-state index contributed by atoms with van der Waals surface area (Å²) in [5, 5.41) is 5.52. The number of para-hydroxylation sites is 1. The summed E-state index contributed by atoms with van der Waals surface area (Å²) in [6, 6.07) is 10.6. The molecule has 28 heavy (non-hydrogen) atoms. The van der Waals surface area contributed by atoms with Crippen LogP contribution in [0.1, 0.15) is 19.3 Å². The molecule has 2 aromatic heterocycles. The molecule has 1 aromatic carbocycles. The van der Waals surface area contributed by atoms with E-state index in [2.05, 4.69) is 50.1 Å². The summed E-state index contributed by atoms with van der Waals surface area (Å²) in [4.78, 5) is 17.1. The van der Waals surface area contributed by atoms with E-state index < -0.39 is 0 Å². The highest BCUT2D eigenvalue weighted by molar-refractivity contribution is 5.88. The molecule has 7 nitrogen and oxygen atoms in total. The third-order valence-corrected chi connectivity index (χ3v) is 5.90. The summed E-state index contributed by atoms with van der Waals surface area (Å²) in [5.74, 6) is 1.89. The van der Waals surface area contributed by atoms with Crippen molar-refractivity contribution >= 4 is 28.5 Å². The van der Waals surface area contributed by atoms with Crippen molar-refractivity contribution in [2.24, 2.45) is 7.05 Å². The summed E-state index contributed by atoms with van der Waals surface area (Å²) in [7, 11) is 1.96. The number of benzene rings is 1. The van der Waals surface area contributed by atoms with Crippen molar-refractivity contribution in [3.05, 3.63) is 36.5 Å². The summed E-state index contributed by atoms with van der Waals surface area (Å²) in [6.45, 7) is 5.96. The Labute approximate surface area is 165 Å². The van der Waals surface area contributed by atoms with Gasteiger partial charge in [-0.15, -0.1) is 0 Å². The van der Waals surface area contributed by atoms with Crippen LogP contribution in [0, 0.1) is 0 Å². The Hall–Kier alpha value is -2.83. The van der Waals surface area contributed by atoms with Crippen LogP contribution in [0.25, 0.3) is 11.0 Å². The van der Waals surface area contributed by atoms with Crippen molar-refractivity contribution in [3.63, 3.8) is 0 Å². The first-order valence-electron chi connectivity index (χ1n) is 10.3. The highest BCUT2D eigenvalue weighted by Crippen LogP contribution is 2.29. The molecule has 0 spiro atoms. The Morgan fingerprint density at radius 3 is 2.21 bits per heavy atom. The van der Waals surface area contributed by atoms with Gasteiger partial charge in [-0.25, -0.2) is 0 Å². The molecule has 2 fully saturated rings. The minimum absolute atomic E-state index is 0.837. The molecule has 4 heterocycles. The van der Waals surface area contributed by atoms with Crippen molar-refractivity contribution in [2.75, 3.05) is 54.0 Å². The van der Waals surface area contributed by atoms with Crippen LogP contribution in [0.3, 0.4) is 0 Å². The highest BCUT2D eigenvalue weighted by Gasteiger charge is 2.24. The number of hydrogen-bond acceptors (Lipinski definition) is 6. The third-order valence-electron chi connectivity index (χ3n) is 5.90. The highest BCUT2D eigenvalue weighted by atomic mass is 15.4. The minimum Gasteiger partial charge on any atom is -0.368 e. The Kier molecular flexibility index (Phi) is 4.50. The van der Waals surface area contributed by atoms with Crippen LogP contribution in [-0.2, 0) is 7.05 Å². The van der Waals surface area contributed by atoms with Gasteiger partial charge in [-0.3, -0.25) is 4.68 Å². The molecular weight excluding hydrogens is 350 g/mol. The van der Waals surface area contributed by atoms with Crippen molar-refractivity contribution in [3.8, 4) is 0 Å². The van der Waals surface area contributed by atoms with Crippen LogP contribution in [0.4, 0.5) is 17.5 Å². The molecule has 2 aliphatic heterocycles. The lowest BCUT2D eigenvalue weighted by molar-refractivity contribution is 0.573. The zero-order valence-corrected chi connectivity index (χ0v) is 16.5. The van der Waals surface area contributed by atoms with Crippen LogP contribution in [0.15, 0.2) is 36.5 Å². The quantitative estimate of drug-likeness (QED) is 0.700. The number of anilines is 3. The maximum absolute atomic E-state index is 5.03. The predicted molar refractivity (Wildman–Crippen MR) is 113 cm³/mol. The predicted octanol–water partition coefficient (Wildman–Crippen LogP) is 2.68. The van der Waals surface area contributed by atoms with Gasteiger partial charge in [0, 0.05) is 52.0 Å². The SMILES string of the molecule is Cn1ncc2c(N3CCCCC3)nc(N3CCN(c4ccccc4)CC3)nc21. The lowest BCUT2D eigenvalue weighted by atomic mass is 10.1. The Morgan fingerprint density at radius 1 is 0.750 bits per heavy atom. The Balaban J connectivity index is 1.42. The molecule has 0 N–H and O–H groups in total. The summed E-state index contributed by atoms with van der Waals surface area (Å²) < 4.78 is 1.87. The smallest absolute Gasteiger partial charge is 0.229 e. The number of rotatable bonds is 3. The fourth-order valence-corrected chi connectivity index (χ4v) is 4.29. The average molecular weight is 377 g/mol. The lowest BCUT2D eigenvalue weighted by Gasteiger charge is -2.36. The fourth-order valence-electron chi connectivity index (χ4n) is 4.29. The fraction of sp³-hybridized carbons (Fsp3) is 0.476. The van der Waals surface area contributed by atoms with Gasteiger partial charge >= 0.3 is 0 Å². The summed E-state index contributed by atoms with van der Waals surface area (Å²) in [5.41, 5.74) is 2.22. The second kappa shape index (κ2) is 7.30. The number of piperazine rings is 1. The van der Waals surface area contributed by atoms with Crippen LogP contribution in [0.5, 0.6) is 0 Å². The van der Waals surface area contributed by atoms with Crippen LogP contribution < -0.4 is 14.7 Å². The van der Waals surface area contributed by atoms with Gasteiger partial charge in [0.1, 0.15) is 5.82 Å². The summed E-state index contributed by atoms with van der Waals surface area (Å²) in [6.07, 6.45) is 5.69. The van der Waals surface area contributed by atoms with Crippen molar-refractivity contribution in [1.29, 1.82) is 0 Å². The topological polar surface area (TPSA) is 53.3 Å². The number of aromatic nitrogens is 4. The van der Waals surface area contributed by atoms with E-state index in [9.17, 15) is 0 Å².